The summed E-state index contributed by atoms with van der Waals surface area (Å²) < 4.78 is 41.4. The molecule has 0 aliphatic rings. The first-order valence-electron chi connectivity index (χ1n) is 8.79. The molecule has 0 bridgehead atoms. The smallest absolute Gasteiger partial charge is 0.406 e. The fraction of sp³-hybridized carbons (Fsp3) is 0.263. The number of halogens is 3. The van der Waals surface area contributed by atoms with E-state index in [0.29, 0.717) is 21.5 Å². The molecule has 168 valence electrons. The van der Waals surface area contributed by atoms with Crippen LogP contribution in [0, 0.1) is 6.92 Å². The Kier molecular flexibility index (Phi) is 8.62. The quantitative estimate of drug-likeness (QED) is 0.213. The number of aliphatic imine (C=N–C) groups is 1. The minimum absolute atomic E-state index is 0.313. The predicted molar refractivity (Wildman–Crippen MR) is 120 cm³/mol. The molecule has 0 fully saturated rings. The van der Waals surface area contributed by atoms with E-state index in [-0.39, 0.29) is 5.75 Å². The van der Waals surface area contributed by atoms with Gasteiger partial charge in [-0.05, 0) is 54.6 Å². The molecule has 0 unspecified atom stereocenters. The SMILES string of the molecule is CS/C(=N/c1ccc(OC(F)(F)F)cc1)SCc1c(C)cccc1N(N)C(=O)N(C)N. The third kappa shape index (κ3) is 7.35. The summed E-state index contributed by atoms with van der Waals surface area (Å²) in [6.45, 7) is 1.90. The number of rotatable bonds is 5. The zero-order chi connectivity index (χ0) is 23.2. The summed E-state index contributed by atoms with van der Waals surface area (Å²) in [7, 11) is 1.40. The van der Waals surface area contributed by atoms with Gasteiger partial charge in [-0.1, -0.05) is 23.9 Å². The lowest BCUT2D eigenvalue weighted by molar-refractivity contribution is -0.274. The van der Waals surface area contributed by atoms with Crippen molar-refractivity contribution in [1.29, 1.82) is 0 Å². The molecule has 0 aliphatic carbocycles. The number of carbonyl (C=O) groups excluding carboxylic acids is 1. The molecule has 0 spiro atoms. The highest BCUT2D eigenvalue weighted by atomic mass is 32.2. The van der Waals surface area contributed by atoms with Gasteiger partial charge in [-0.3, -0.25) is 5.01 Å². The van der Waals surface area contributed by atoms with Crippen molar-refractivity contribution in [2.45, 2.75) is 19.0 Å². The standard InChI is InChI=1S/C19H22F3N5O2S2/c1-12-5-4-6-16(27(24)18(28)26(2)23)15(12)11-31-17(30-3)25-13-7-9-14(10-8-13)29-19(20,21)22/h4-10H,11,23-24H2,1-3H3/b25-17-. The summed E-state index contributed by atoms with van der Waals surface area (Å²) in [4.78, 5) is 16.6. The van der Waals surface area contributed by atoms with Crippen molar-refractivity contribution in [1.82, 2.24) is 5.01 Å². The molecule has 2 aromatic carbocycles. The van der Waals surface area contributed by atoms with Crippen LogP contribution in [-0.4, -0.2) is 35.1 Å². The molecule has 0 saturated carbocycles. The summed E-state index contributed by atoms with van der Waals surface area (Å²) in [5.74, 6) is 11.6. The van der Waals surface area contributed by atoms with E-state index >= 15 is 0 Å². The second-order valence-corrected chi connectivity index (χ2v) is 8.27. The first-order chi connectivity index (χ1) is 14.5. The molecule has 4 N–H and O–H groups in total. The highest BCUT2D eigenvalue weighted by Crippen LogP contribution is 2.31. The number of hydrogen-bond acceptors (Lipinski definition) is 7. The van der Waals surface area contributed by atoms with Crippen LogP contribution in [0.5, 0.6) is 5.75 Å². The number of benzene rings is 2. The van der Waals surface area contributed by atoms with E-state index in [4.69, 9.17) is 11.7 Å². The molecule has 0 radical (unpaired) electrons. The Morgan fingerprint density at radius 2 is 1.81 bits per heavy atom. The molecule has 2 rings (SSSR count). The Hall–Kier alpha value is -2.41. The van der Waals surface area contributed by atoms with E-state index in [9.17, 15) is 18.0 Å². The number of carbonyl (C=O) groups is 1. The van der Waals surface area contributed by atoms with Crippen LogP contribution in [-0.2, 0) is 5.75 Å². The summed E-state index contributed by atoms with van der Waals surface area (Å²) in [5, 5.41) is 1.87. The highest BCUT2D eigenvalue weighted by Gasteiger charge is 2.31. The van der Waals surface area contributed by atoms with Crippen molar-refractivity contribution in [3.05, 3.63) is 53.6 Å². The second kappa shape index (κ2) is 10.8. The number of nitrogens with zero attached hydrogens (tertiary/aromatic N) is 3. The normalized spacial score (nSPS) is 11.9. The summed E-state index contributed by atoms with van der Waals surface area (Å²) in [5.41, 5.74) is 2.77. The number of aryl methyl sites for hydroxylation is 1. The van der Waals surface area contributed by atoms with Gasteiger partial charge in [0.2, 0.25) is 0 Å². The van der Waals surface area contributed by atoms with Gasteiger partial charge >= 0.3 is 12.4 Å². The molecule has 0 aliphatic heterocycles. The lowest BCUT2D eigenvalue weighted by Crippen LogP contribution is -2.49. The van der Waals surface area contributed by atoms with Gasteiger partial charge in [0.1, 0.15) is 10.1 Å². The van der Waals surface area contributed by atoms with Crippen LogP contribution in [0.15, 0.2) is 47.5 Å². The topological polar surface area (TPSA) is 97.2 Å². The maximum absolute atomic E-state index is 12.3. The molecule has 7 nitrogen and oxygen atoms in total. The van der Waals surface area contributed by atoms with Gasteiger partial charge in [-0.25, -0.2) is 26.5 Å². The predicted octanol–water partition coefficient (Wildman–Crippen LogP) is 4.78. The lowest BCUT2D eigenvalue weighted by Gasteiger charge is -2.24. The van der Waals surface area contributed by atoms with Crippen molar-refractivity contribution in [3.63, 3.8) is 0 Å². The largest absolute Gasteiger partial charge is 0.573 e. The van der Waals surface area contributed by atoms with E-state index in [1.54, 1.807) is 12.1 Å². The van der Waals surface area contributed by atoms with E-state index in [0.717, 1.165) is 21.1 Å². The molecule has 0 heterocycles. The van der Waals surface area contributed by atoms with Gasteiger partial charge < -0.3 is 4.74 Å². The van der Waals surface area contributed by atoms with E-state index in [1.165, 1.54) is 54.8 Å². The van der Waals surface area contributed by atoms with E-state index in [1.807, 2.05) is 19.2 Å². The highest BCUT2D eigenvalue weighted by molar-refractivity contribution is 8.38. The third-order valence-electron chi connectivity index (χ3n) is 3.96. The molecule has 0 aromatic heterocycles. The van der Waals surface area contributed by atoms with Gasteiger partial charge in [-0.15, -0.1) is 24.9 Å². The maximum atomic E-state index is 12.3. The van der Waals surface area contributed by atoms with Gasteiger partial charge in [0.25, 0.3) is 0 Å². The fourth-order valence-electron chi connectivity index (χ4n) is 2.47. The van der Waals surface area contributed by atoms with Crippen LogP contribution in [0.25, 0.3) is 0 Å². The van der Waals surface area contributed by atoms with Gasteiger partial charge in [0.15, 0.2) is 0 Å². The van der Waals surface area contributed by atoms with E-state index in [2.05, 4.69) is 9.73 Å². The minimum atomic E-state index is -4.74. The number of urea groups is 1. The zero-order valence-electron chi connectivity index (χ0n) is 17.0. The Bertz CT molecular complexity index is 937. The number of thioether (sulfide) groups is 2. The Morgan fingerprint density at radius 1 is 1.16 bits per heavy atom. The zero-order valence-corrected chi connectivity index (χ0v) is 18.6. The number of anilines is 1. The van der Waals surface area contributed by atoms with Crippen LogP contribution >= 0.6 is 23.5 Å². The second-order valence-electron chi connectivity index (χ2n) is 6.25. The number of ether oxygens (including phenoxy) is 1. The monoisotopic (exact) mass is 473 g/mol. The van der Waals surface area contributed by atoms with Crippen LogP contribution in [0.4, 0.5) is 29.3 Å². The summed E-state index contributed by atoms with van der Waals surface area (Å²) >= 11 is 2.80. The molecule has 31 heavy (non-hydrogen) atoms. The average Bonchev–Trinajstić information content (AvgIpc) is 2.70. The van der Waals surface area contributed by atoms with Crippen molar-refractivity contribution in [2.75, 3.05) is 18.3 Å². The van der Waals surface area contributed by atoms with Gasteiger partial charge in [0.05, 0.1) is 11.4 Å². The molecule has 0 saturated heterocycles. The van der Waals surface area contributed by atoms with Crippen molar-refractivity contribution in [2.24, 2.45) is 16.7 Å². The first-order valence-corrected chi connectivity index (χ1v) is 11.0. The van der Waals surface area contributed by atoms with E-state index < -0.39 is 12.4 Å². The molecular weight excluding hydrogens is 451 g/mol. The number of alkyl halides is 3. The fourth-order valence-corrected chi connectivity index (χ4v) is 4.13. The molecule has 0 atom stereocenters. The molecule has 12 heteroatoms. The van der Waals surface area contributed by atoms with Crippen molar-refractivity contribution < 1.29 is 22.7 Å². The minimum Gasteiger partial charge on any atom is -0.406 e. The number of amides is 2. The van der Waals surface area contributed by atoms with Crippen molar-refractivity contribution >= 4 is 45.3 Å². The van der Waals surface area contributed by atoms with Crippen LogP contribution in [0.2, 0.25) is 0 Å². The lowest BCUT2D eigenvalue weighted by atomic mass is 10.1. The average molecular weight is 474 g/mol. The molecule has 2 aromatic rings. The molecular formula is C19H22F3N5O2S2. The molecule has 2 amide bonds. The van der Waals surface area contributed by atoms with Gasteiger partial charge in [0, 0.05) is 12.8 Å². The summed E-state index contributed by atoms with van der Waals surface area (Å²) in [6.07, 6.45) is -2.90. The number of hydrazine groups is 2. The third-order valence-corrected chi connectivity index (χ3v) is 6.02. The van der Waals surface area contributed by atoms with Crippen LogP contribution < -0.4 is 21.4 Å². The first kappa shape index (κ1) is 24.9. The maximum Gasteiger partial charge on any atom is 0.573 e. The Morgan fingerprint density at radius 3 is 2.35 bits per heavy atom. The van der Waals surface area contributed by atoms with Gasteiger partial charge in [-0.2, -0.15) is 0 Å². The van der Waals surface area contributed by atoms with Crippen molar-refractivity contribution in [3.8, 4) is 5.75 Å². The number of hydrogen-bond donors (Lipinski definition) is 2. The number of nitrogens with two attached hydrogens (primary N) is 2. The Balaban J connectivity index is 2.18. The van der Waals surface area contributed by atoms with Crippen LogP contribution in [0.3, 0.4) is 0 Å². The summed E-state index contributed by atoms with van der Waals surface area (Å²) in [6, 6.07) is 10.1. The Labute approximate surface area is 186 Å². The van der Waals surface area contributed by atoms with Crippen LogP contribution in [0.1, 0.15) is 11.1 Å².